The van der Waals surface area contributed by atoms with Gasteiger partial charge in [-0.1, -0.05) is 43.3 Å². The topological polar surface area (TPSA) is 100 Å². The number of nitrogens with zero attached hydrogens (tertiary/aromatic N) is 2. The molecule has 2 atom stereocenters. The Balaban J connectivity index is 1.27. The van der Waals surface area contributed by atoms with Gasteiger partial charge in [-0.05, 0) is 49.1 Å². The van der Waals surface area contributed by atoms with Crippen molar-refractivity contribution in [3.05, 3.63) is 59.7 Å². The summed E-state index contributed by atoms with van der Waals surface area (Å²) < 4.78 is 11.3. The Morgan fingerprint density at radius 3 is 2.65 bits per heavy atom. The van der Waals surface area contributed by atoms with Crippen LogP contribution in [0.1, 0.15) is 43.4 Å². The fourth-order valence-electron chi connectivity index (χ4n) is 5.04. The second-order valence-electron chi connectivity index (χ2n) is 8.76. The van der Waals surface area contributed by atoms with Crippen LogP contribution in [0, 0.1) is 0 Å². The molecule has 0 saturated carbocycles. The number of carbonyl (C=O) groups is 3. The maximum absolute atomic E-state index is 13.3. The van der Waals surface area contributed by atoms with E-state index in [9.17, 15) is 14.4 Å². The van der Waals surface area contributed by atoms with Gasteiger partial charge in [0.1, 0.15) is 18.8 Å². The molecule has 9 nitrogen and oxygen atoms in total. The van der Waals surface area contributed by atoms with Crippen LogP contribution in [0.3, 0.4) is 0 Å². The van der Waals surface area contributed by atoms with E-state index < -0.39 is 23.4 Å². The van der Waals surface area contributed by atoms with Gasteiger partial charge >= 0.3 is 6.03 Å². The maximum Gasteiger partial charge on any atom is 0.344 e. The lowest BCUT2D eigenvalue weighted by molar-refractivity contribution is -0.140. The molecule has 0 aliphatic carbocycles. The summed E-state index contributed by atoms with van der Waals surface area (Å²) in [7, 11) is 0. The normalized spacial score (nSPS) is 24.3. The highest BCUT2D eigenvalue weighted by Crippen LogP contribution is 2.38. The van der Waals surface area contributed by atoms with Gasteiger partial charge in [0.15, 0.2) is 11.5 Å². The van der Waals surface area contributed by atoms with Crippen molar-refractivity contribution in [3.63, 3.8) is 0 Å². The smallest absolute Gasteiger partial charge is 0.344 e. The zero-order valence-electron chi connectivity index (χ0n) is 19.1. The first kappa shape index (κ1) is 22.2. The van der Waals surface area contributed by atoms with Crippen molar-refractivity contribution in [1.82, 2.24) is 20.7 Å². The van der Waals surface area contributed by atoms with Gasteiger partial charge < -0.3 is 14.8 Å². The monoisotopic (exact) mass is 464 g/mol. The number of nitrogens with one attached hydrogen (secondary N) is 2. The number of hydrogen-bond acceptors (Lipinski definition) is 6. The number of carbonyl (C=O) groups excluding carboxylic acids is 3. The number of hydrazine groups is 1. The minimum absolute atomic E-state index is 0.0451. The predicted molar refractivity (Wildman–Crippen MR) is 123 cm³/mol. The SMILES string of the molecule is CC[C@]1(c2ccccc2)NC(=O)N(NC(=O)CN2CCC[C@@H]2c2ccc3c(c2)OCCO3)C1=O. The molecule has 0 aromatic heterocycles. The van der Waals surface area contributed by atoms with Crippen LogP contribution in [0.15, 0.2) is 48.5 Å². The fraction of sp³-hybridized carbons (Fsp3) is 0.400. The molecule has 2 aromatic rings. The van der Waals surface area contributed by atoms with E-state index in [1.165, 1.54) is 0 Å². The number of benzene rings is 2. The molecule has 3 aliphatic rings. The molecule has 2 aromatic carbocycles. The van der Waals surface area contributed by atoms with Crippen molar-refractivity contribution in [3.8, 4) is 11.5 Å². The number of imide groups is 1. The Morgan fingerprint density at radius 1 is 1.12 bits per heavy atom. The largest absolute Gasteiger partial charge is 0.486 e. The minimum atomic E-state index is -1.19. The number of hydrogen-bond donors (Lipinski definition) is 2. The molecule has 2 fully saturated rings. The number of likely N-dealkylation sites (tertiary alicyclic amines) is 1. The number of urea groups is 1. The molecule has 0 spiro atoms. The first-order valence-corrected chi connectivity index (χ1v) is 11.7. The summed E-state index contributed by atoms with van der Waals surface area (Å²) in [4.78, 5) is 40.9. The summed E-state index contributed by atoms with van der Waals surface area (Å²) in [6, 6.07) is 14.4. The quantitative estimate of drug-likeness (QED) is 0.637. The number of fused-ring (bicyclic) bond motifs is 1. The van der Waals surface area contributed by atoms with Gasteiger partial charge in [-0.15, -0.1) is 0 Å². The van der Waals surface area contributed by atoms with Crippen LogP contribution in [0.4, 0.5) is 4.79 Å². The molecular formula is C25H28N4O5. The number of amides is 4. The fourth-order valence-corrected chi connectivity index (χ4v) is 5.04. The van der Waals surface area contributed by atoms with Gasteiger partial charge in [-0.3, -0.25) is 19.9 Å². The molecule has 3 heterocycles. The summed E-state index contributed by atoms with van der Waals surface area (Å²) in [5, 5.41) is 3.59. The second-order valence-corrected chi connectivity index (χ2v) is 8.76. The molecule has 0 bridgehead atoms. The molecule has 0 radical (unpaired) electrons. The van der Waals surface area contributed by atoms with Crippen LogP contribution >= 0.6 is 0 Å². The van der Waals surface area contributed by atoms with Crippen LogP contribution < -0.4 is 20.2 Å². The summed E-state index contributed by atoms with van der Waals surface area (Å²) in [5.41, 5.74) is 3.09. The summed E-state index contributed by atoms with van der Waals surface area (Å²) in [6.45, 7) is 3.70. The molecule has 3 aliphatic heterocycles. The maximum atomic E-state index is 13.3. The molecule has 2 saturated heterocycles. The second kappa shape index (κ2) is 8.98. The summed E-state index contributed by atoms with van der Waals surface area (Å²) in [5.74, 6) is 0.558. The van der Waals surface area contributed by atoms with Crippen molar-refractivity contribution in [2.75, 3.05) is 26.3 Å². The lowest BCUT2D eigenvalue weighted by Crippen LogP contribution is -2.51. The Morgan fingerprint density at radius 2 is 1.88 bits per heavy atom. The van der Waals surface area contributed by atoms with Gasteiger partial charge in [-0.2, -0.15) is 5.01 Å². The number of ether oxygens (including phenoxy) is 2. The van der Waals surface area contributed by atoms with Gasteiger partial charge in [0.2, 0.25) is 0 Å². The van der Waals surface area contributed by atoms with Crippen molar-refractivity contribution in [2.45, 2.75) is 37.8 Å². The Bertz CT molecular complexity index is 1110. The van der Waals surface area contributed by atoms with E-state index in [1.54, 1.807) is 12.1 Å². The van der Waals surface area contributed by atoms with Crippen molar-refractivity contribution >= 4 is 17.8 Å². The van der Waals surface area contributed by atoms with Crippen molar-refractivity contribution in [1.29, 1.82) is 0 Å². The standard InChI is InChI=1S/C25H28N4O5/c1-2-25(18-7-4-3-5-8-18)23(31)29(24(32)26-25)27-22(30)16-28-12-6-9-19(28)17-10-11-20-21(15-17)34-14-13-33-20/h3-5,7-8,10-11,15,19H,2,6,9,12-14,16H2,1H3,(H,26,32)(H,27,30)/t19-,25-/m1/s1. The molecule has 34 heavy (non-hydrogen) atoms. The molecule has 5 rings (SSSR count). The van der Waals surface area contributed by atoms with Gasteiger partial charge in [-0.25, -0.2) is 4.79 Å². The van der Waals surface area contributed by atoms with Crippen molar-refractivity contribution in [2.24, 2.45) is 0 Å². The molecule has 0 unspecified atom stereocenters. The average molecular weight is 465 g/mol. The van der Waals surface area contributed by atoms with Gasteiger partial charge in [0.05, 0.1) is 6.54 Å². The number of rotatable bonds is 6. The van der Waals surface area contributed by atoms with E-state index in [0.29, 0.717) is 25.2 Å². The Labute approximate surface area is 198 Å². The van der Waals surface area contributed by atoms with Crippen LogP contribution in [-0.4, -0.2) is 54.1 Å². The highest BCUT2D eigenvalue weighted by atomic mass is 16.6. The van der Waals surface area contributed by atoms with Crippen LogP contribution in [-0.2, 0) is 15.1 Å². The Hall–Kier alpha value is -3.59. The molecular weight excluding hydrogens is 436 g/mol. The van der Waals surface area contributed by atoms with Crippen LogP contribution in [0.5, 0.6) is 11.5 Å². The third-order valence-electron chi connectivity index (χ3n) is 6.79. The van der Waals surface area contributed by atoms with E-state index in [-0.39, 0.29) is 12.6 Å². The molecule has 2 N–H and O–H groups in total. The zero-order chi connectivity index (χ0) is 23.7. The Kier molecular flexibility index (Phi) is 5.87. The first-order chi connectivity index (χ1) is 16.5. The predicted octanol–water partition coefficient (Wildman–Crippen LogP) is 2.48. The highest BCUT2D eigenvalue weighted by molar-refractivity contribution is 6.08. The van der Waals surface area contributed by atoms with E-state index in [0.717, 1.165) is 41.5 Å². The van der Waals surface area contributed by atoms with E-state index in [4.69, 9.17) is 9.47 Å². The average Bonchev–Trinajstić information content (AvgIpc) is 3.42. The van der Waals surface area contributed by atoms with E-state index >= 15 is 0 Å². The van der Waals surface area contributed by atoms with Gasteiger partial charge in [0, 0.05) is 6.04 Å². The highest BCUT2D eigenvalue weighted by Gasteiger charge is 2.52. The summed E-state index contributed by atoms with van der Waals surface area (Å²) >= 11 is 0. The molecule has 178 valence electrons. The third-order valence-corrected chi connectivity index (χ3v) is 6.79. The lowest BCUT2D eigenvalue weighted by Gasteiger charge is -2.27. The van der Waals surface area contributed by atoms with Gasteiger partial charge in [0.25, 0.3) is 11.8 Å². The van der Waals surface area contributed by atoms with Crippen molar-refractivity contribution < 1.29 is 23.9 Å². The van der Waals surface area contributed by atoms with E-state index in [1.807, 2.05) is 43.3 Å². The van der Waals surface area contributed by atoms with E-state index in [2.05, 4.69) is 15.6 Å². The third kappa shape index (κ3) is 3.86. The van der Waals surface area contributed by atoms with Crippen LogP contribution in [0.2, 0.25) is 0 Å². The summed E-state index contributed by atoms with van der Waals surface area (Å²) in [6.07, 6.45) is 2.22. The van der Waals surface area contributed by atoms with Crippen LogP contribution in [0.25, 0.3) is 0 Å². The molecule has 4 amide bonds. The molecule has 9 heteroatoms. The lowest BCUT2D eigenvalue weighted by atomic mass is 9.87. The first-order valence-electron chi connectivity index (χ1n) is 11.7. The minimum Gasteiger partial charge on any atom is -0.486 e. The zero-order valence-corrected chi connectivity index (χ0v) is 19.1.